The number of nitrogens with zero attached hydrogens (tertiary/aromatic N) is 1. The number of hydrogen-bond acceptors (Lipinski definition) is 4. The van der Waals surface area contributed by atoms with Gasteiger partial charge in [-0.1, -0.05) is 17.7 Å². The summed E-state index contributed by atoms with van der Waals surface area (Å²) in [5.74, 6) is -0.777. The summed E-state index contributed by atoms with van der Waals surface area (Å²) in [5, 5.41) is 8.08. The summed E-state index contributed by atoms with van der Waals surface area (Å²) in [4.78, 5) is 28.9. The molecule has 10 heteroatoms. The minimum Gasteiger partial charge on any atom is -0.381 e. The van der Waals surface area contributed by atoms with Gasteiger partial charge in [-0.15, -0.1) is 0 Å². The summed E-state index contributed by atoms with van der Waals surface area (Å²) in [7, 11) is 0. The lowest BCUT2D eigenvalue weighted by Gasteiger charge is -2.12. The van der Waals surface area contributed by atoms with Crippen molar-refractivity contribution >= 4 is 34.8 Å². The molecule has 0 bridgehead atoms. The molecule has 2 aromatic carbocycles. The van der Waals surface area contributed by atoms with Gasteiger partial charge in [0.2, 0.25) is 0 Å². The molecule has 2 amide bonds. The monoisotopic (exact) mass is 488 g/mol. The van der Waals surface area contributed by atoms with Crippen molar-refractivity contribution in [3.8, 4) is 0 Å². The number of anilines is 2. The van der Waals surface area contributed by atoms with Crippen LogP contribution in [0.3, 0.4) is 0 Å². The fraction of sp³-hybridized carbons (Fsp3) is 0.208. The maximum Gasteiger partial charge on any atom is 0.417 e. The number of pyridine rings is 1. The lowest BCUT2D eigenvalue weighted by atomic mass is 10.1. The van der Waals surface area contributed by atoms with E-state index in [0.29, 0.717) is 17.9 Å². The zero-order chi connectivity index (χ0) is 24.3. The van der Waals surface area contributed by atoms with Crippen LogP contribution in [0.25, 0.3) is 0 Å². The Balaban J connectivity index is 1.40. The Hall–Kier alpha value is -3.59. The number of benzene rings is 2. The SMILES string of the molecule is O=C(Nc1ccc(Cl)c(C(F)(F)F)c1)c1cccc(NCc2ccnc(C(=O)NC3CC3)c2)c1. The third-order valence-corrected chi connectivity index (χ3v) is 5.45. The molecule has 1 aliphatic rings. The highest BCUT2D eigenvalue weighted by Crippen LogP contribution is 2.36. The first-order valence-electron chi connectivity index (χ1n) is 10.5. The lowest BCUT2D eigenvalue weighted by molar-refractivity contribution is -0.137. The number of hydrogen-bond donors (Lipinski definition) is 3. The summed E-state index contributed by atoms with van der Waals surface area (Å²) < 4.78 is 39.2. The molecule has 0 aliphatic heterocycles. The van der Waals surface area contributed by atoms with Crippen LogP contribution in [0.1, 0.15) is 44.8 Å². The van der Waals surface area contributed by atoms with Gasteiger partial charge in [0.25, 0.3) is 11.8 Å². The van der Waals surface area contributed by atoms with E-state index in [4.69, 9.17) is 11.6 Å². The van der Waals surface area contributed by atoms with Crippen LogP contribution in [-0.4, -0.2) is 22.8 Å². The minimum absolute atomic E-state index is 0.0196. The zero-order valence-corrected chi connectivity index (χ0v) is 18.5. The number of halogens is 4. The van der Waals surface area contributed by atoms with Gasteiger partial charge in [-0.2, -0.15) is 13.2 Å². The van der Waals surface area contributed by atoms with Gasteiger partial charge >= 0.3 is 6.18 Å². The number of amides is 2. The van der Waals surface area contributed by atoms with E-state index in [9.17, 15) is 22.8 Å². The van der Waals surface area contributed by atoms with Gasteiger partial charge in [-0.3, -0.25) is 14.6 Å². The molecule has 0 atom stereocenters. The van der Waals surface area contributed by atoms with Gasteiger partial charge in [0.05, 0.1) is 10.6 Å². The number of aromatic nitrogens is 1. The predicted molar refractivity (Wildman–Crippen MR) is 123 cm³/mol. The molecule has 3 aromatic rings. The van der Waals surface area contributed by atoms with E-state index >= 15 is 0 Å². The van der Waals surface area contributed by atoms with Gasteiger partial charge < -0.3 is 16.0 Å². The molecule has 1 fully saturated rings. The van der Waals surface area contributed by atoms with Crippen molar-refractivity contribution in [2.75, 3.05) is 10.6 Å². The van der Waals surface area contributed by atoms with E-state index < -0.39 is 22.7 Å². The predicted octanol–water partition coefficient (Wildman–Crippen LogP) is 5.51. The molecule has 1 saturated carbocycles. The first kappa shape index (κ1) is 23.6. The molecule has 176 valence electrons. The summed E-state index contributed by atoms with van der Waals surface area (Å²) >= 11 is 5.63. The number of carbonyl (C=O) groups is 2. The molecule has 0 unspecified atom stereocenters. The van der Waals surface area contributed by atoms with Crippen molar-refractivity contribution in [1.29, 1.82) is 0 Å². The maximum absolute atomic E-state index is 13.1. The molecular formula is C24H20ClF3N4O2. The van der Waals surface area contributed by atoms with E-state index in [1.54, 1.807) is 42.6 Å². The third kappa shape index (κ3) is 6.05. The van der Waals surface area contributed by atoms with Crippen molar-refractivity contribution in [3.05, 3.63) is 88.2 Å². The van der Waals surface area contributed by atoms with Crippen LogP contribution in [-0.2, 0) is 12.7 Å². The van der Waals surface area contributed by atoms with Gasteiger partial charge in [0.1, 0.15) is 5.69 Å². The van der Waals surface area contributed by atoms with E-state index in [2.05, 4.69) is 20.9 Å². The third-order valence-electron chi connectivity index (χ3n) is 5.12. The number of carbonyl (C=O) groups excluding carboxylic acids is 2. The molecule has 0 saturated heterocycles. The van der Waals surface area contributed by atoms with E-state index in [1.165, 1.54) is 6.07 Å². The van der Waals surface area contributed by atoms with Crippen molar-refractivity contribution in [2.45, 2.75) is 31.6 Å². The fourth-order valence-electron chi connectivity index (χ4n) is 3.19. The van der Waals surface area contributed by atoms with Crippen LogP contribution in [0.5, 0.6) is 0 Å². The first-order chi connectivity index (χ1) is 16.2. The van der Waals surface area contributed by atoms with E-state index in [-0.39, 0.29) is 23.2 Å². The maximum atomic E-state index is 13.1. The number of nitrogens with one attached hydrogen (secondary N) is 3. The van der Waals surface area contributed by atoms with Gasteiger partial charge in [-0.25, -0.2) is 0 Å². The van der Waals surface area contributed by atoms with Crippen LogP contribution in [0.15, 0.2) is 60.8 Å². The molecule has 6 nitrogen and oxygen atoms in total. The highest BCUT2D eigenvalue weighted by Gasteiger charge is 2.33. The van der Waals surface area contributed by atoms with Crippen LogP contribution >= 0.6 is 11.6 Å². The summed E-state index contributed by atoms with van der Waals surface area (Å²) in [5.41, 5.74) is 0.999. The van der Waals surface area contributed by atoms with Crippen molar-refractivity contribution in [3.63, 3.8) is 0 Å². The Morgan fingerprint density at radius 1 is 1.00 bits per heavy atom. The van der Waals surface area contributed by atoms with E-state index in [1.807, 2.05) is 0 Å². The second-order valence-electron chi connectivity index (χ2n) is 7.88. The van der Waals surface area contributed by atoms with Crippen LogP contribution in [0, 0.1) is 0 Å². The summed E-state index contributed by atoms with van der Waals surface area (Å²) in [6.45, 7) is 0.378. The average molecular weight is 489 g/mol. The Morgan fingerprint density at radius 3 is 2.53 bits per heavy atom. The summed E-state index contributed by atoms with van der Waals surface area (Å²) in [6.07, 6.45) is -1.10. The molecule has 1 aliphatic carbocycles. The number of alkyl halides is 3. The second-order valence-corrected chi connectivity index (χ2v) is 8.29. The molecule has 3 N–H and O–H groups in total. The smallest absolute Gasteiger partial charge is 0.381 e. The van der Waals surface area contributed by atoms with E-state index in [0.717, 1.165) is 30.5 Å². The fourth-order valence-corrected chi connectivity index (χ4v) is 3.42. The lowest BCUT2D eigenvalue weighted by Crippen LogP contribution is -2.26. The van der Waals surface area contributed by atoms with Crippen LogP contribution in [0.4, 0.5) is 24.5 Å². The standard InChI is InChI=1S/C24H20ClF3N4O2/c25-20-7-6-18(12-19(20)24(26,27)28)32-22(33)15-2-1-3-17(11-15)30-13-14-8-9-29-21(10-14)23(34)31-16-4-5-16/h1-3,6-12,16,30H,4-5,13H2,(H,31,34)(H,32,33). The van der Waals surface area contributed by atoms with Gasteiger partial charge in [0.15, 0.2) is 0 Å². The second kappa shape index (κ2) is 9.72. The Kier molecular flexibility index (Phi) is 6.74. The van der Waals surface area contributed by atoms with Gasteiger partial charge in [0, 0.05) is 35.7 Å². The Bertz CT molecular complexity index is 1230. The molecule has 0 spiro atoms. The largest absolute Gasteiger partial charge is 0.417 e. The van der Waals surface area contributed by atoms with Crippen molar-refractivity contribution < 1.29 is 22.8 Å². The van der Waals surface area contributed by atoms with Crippen molar-refractivity contribution in [2.24, 2.45) is 0 Å². The first-order valence-corrected chi connectivity index (χ1v) is 10.8. The molecule has 4 rings (SSSR count). The average Bonchev–Trinajstić information content (AvgIpc) is 3.62. The quantitative estimate of drug-likeness (QED) is 0.409. The molecule has 1 heterocycles. The molecule has 0 radical (unpaired) electrons. The molecular weight excluding hydrogens is 469 g/mol. The molecule has 34 heavy (non-hydrogen) atoms. The Morgan fingerprint density at radius 2 is 1.79 bits per heavy atom. The van der Waals surface area contributed by atoms with Crippen LogP contribution < -0.4 is 16.0 Å². The minimum atomic E-state index is -4.63. The Labute approximate surface area is 198 Å². The summed E-state index contributed by atoms with van der Waals surface area (Å²) in [6, 6.07) is 13.4. The topological polar surface area (TPSA) is 83.1 Å². The number of rotatable bonds is 7. The molecule has 1 aromatic heterocycles. The van der Waals surface area contributed by atoms with Gasteiger partial charge in [-0.05, 0) is 66.9 Å². The zero-order valence-electron chi connectivity index (χ0n) is 17.7. The highest BCUT2D eigenvalue weighted by atomic mass is 35.5. The normalized spacial score (nSPS) is 13.3. The van der Waals surface area contributed by atoms with Crippen LogP contribution in [0.2, 0.25) is 5.02 Å². The highest BCUT2D eigenvalue weighted by molar-refractivity contribution is 6.31. The van der Waals surface area contributed by atoms with Crippen molar-refractivity contribution in [1.82, 2.24) is 10.3 Å².